The number of benzene rings is 1. The lowest BCUT2D eigenvalue weighted by atomic mass is 10.1. The summed E-state index contributed by atoms with van der Waals surface area (Å²) in [6.45, 7) is 2.70. The van der Waals surface area contributed by atoms with Gasteiger partial charge in [-0.05, 0) is 48.9 Å². The number of carbonyl (C=O) groups is 1. The number of urea groups is 1. The zero-order valence-corrected chi connectivity index (χ0v) is 14.5. The van der Waals surface area contributed by atoms with Crippen molar-refractivity contribution in [1.29, 1.82) is 0 Å². The highest BCUT2D eigenvalue weighted by Gasteiger charge is 2.22. The van der Waals surface area contributed by atoms with Crippen LogP contribution in [0.1, 0.15) is 36.9 Å². The zero-order chi connectivity index (χ0) is 18.5. The molecular formula is C19H21F2N3O2. The summed E-state index contributed by atoms with van der Waals surface area (Å²) in [7, 11) is 0. The monoisotopic (exact) mass is 361 g/mol. The summed E-state index contributed by atoms with van der Waals surface area (Å²) in [6, 6.07) is 6.31. The summed E-state index contributed by atoms with van der Waals surface area (Å²) >= 11 is 0. The van der Waals surface area contributed by atoms with Gasteiger partial charge in [-0.1, -0.05) is 12.1 Å². The Balaban J connectivity index is 1.44. The minimum Gasteiger partial charge on any atom is -0.477 e. The summed E-state index contributed by atoms with van der Waals surface area (Å²) in [5.74, 6) is -0.607. The highest BCUT2D eigenvalue weighted by molar-refractivity contribution is 5.74. The maximum Gasteiger partial charge on any atom is 0.315 e. The van der Waals surface area contributed by atoms with Crippen LogP contribution in [-0.2, 0) is 6.54 Å². The molecule has 1 fully saturated rings. The lowest BCUT2D eigenvalue weighted by Crippen LogP contribution is -2.36. The van der Waals surface area contributed by atoms with Gasteiger partial charge in [0, 0.05) is 18.8 Å². The Morgan fingerprint density at radius 3 is 2.73 bits per heavy atom. The number of pyridine rings is 1. The summed E-state index contributed by atoms with van der Waals surface area (Å²) in [4.78, 5) is 16.2. The van der Waals surface area contributed by atoms with Gasteiger partial charge in [0.05, 0.1) is 12.6 Å². The standard InChI is InChI=1S/C19H21F2N3O2/c1-12(15-5-6-16(20)17(21)8-15)24-19(25)23-10-14-4-7-18(22-9-14)26-11-13-2-3-13/h4-9,12-13H,2-3,10-11H2,1H3,(H2,23,24,25). The maximum absolute atomic E-state index is 13.3. The Labute approximate surface area is 150 Å². The van der Waals surface area contributed by atoms with Crippen LogP contribution in [0, 0.1) is 17.6 Å². The van der Waals surface area contributed by atoms with E-state index in [0.717, 1.165) is 17.7 Å². The van der Waals surface area contributed by atoms with Crippen LogP contribution in [0.15, 0.2) is 36.5 Å². The van der Waals surface area contributed by atoms with Gasteiger partial charge in [0.25, 0.3) is 0 Å². The van der Waals surface area contributed by atoms with Gasteiger partial charge >= 0.3 is 6.03 Å². The molecule has 1 aliphatic carbocycles. The molecule has 26 heavy (non-hydrogen) atoms. The van der Waals surface area contributed by atoms with E-state index >= 15 is 0 Å². The molecule has 1 heterocycles. The normalized spacial score (nSPS) is 14.6. The van der Waals surface area contributed by atoms with Crippen LogP contribution in [0.3, 0.4) is 0 Å². The minimum atomic E-state index is -0.938. The molecule has 0 bridgehead atoms. The average molecular weight is 361 g/mol. The largest absolute Gasteiger partial charge is 0.477 e. The molecule has 3 rings (SSSR count). The molecule has 0 aliphatic heterocycles. The molecule has 0 saturated heterocycles. The van der Waals surface area contributed by atoms with Gasteiger partial charge in [-0.2, -0.15) is 0 Å². The molecule has 1 unspecified atom stereocenters. The molecule has 1 saturated carbocycles. The molecule has 0 spiro atoms. The second-order valence-electron chi connectivity index (χ2n) is 6.48. The first-order valence-corrected chi connectivity index (χ1v) is 8.58. The highest BCUT2D eigenvalue weighted by atomic mass is 19.2. The van der Waals surface area contributed by atoms with E-state index in [-0.39, 0.29) is 0 Å². The fourth-order valence-corrected chi connectivity index (χ4v) is 2.38. The molecule has 138 valence electrons. The predicted octanol–water partition coefficient (Wildman–Crippen LogP) is 3.71. The molecular weight excluding hydrogens is 340 g/mol. The summed E-state index contributed by atoms with van der Waals surface area (Å²) in [6.07, 6.45) is 4.10. The number of hydrogen-bond donors (Lipinski definition) is 2. The molecule has 1 atom stereocenters. The van der Waals surface area contributed by atoms with E-state index in [1.165, 1.54) is 18.9 Å². The van der Waals surface area contributed by atoms with Crippen LogP contribution in [0.2, 0.25) is 0 Å². The van der Waals surface area contributed by atoms with Crippen molar-refractivity contribution in [3.05, 3.63) is 59.3 Å². The average Bonchev–Trinajstić information content (AvgIpc) is 3.46. The molecule has 0 radical (unpaired) electrons. The van der Waals surface area contributed by atoms with Crippen LogP contribution >= 0.6 is 0 Å². The highest BCUT2D eigenvalue weighted by Crippen LogP contribution is 2.29. The van der Waals surface area contributed by atoms with Gasteiger partial charge in [-0.25, -0.2) is 18.6 Å². The Morgan fingerprint density at radius 2 is 2.08 bits per heavy atom. The Hall–Kier alpha value is -2.70. The van der Waals surface area contributed by atoms with Gasteiger partial charge in [0.1, 0.15) is 0 Å². The minimum absolute atomic E-state index is 0.298. The lowest BCUT2D eigenvalue weighted by molar-refractivity contribution is 0.237. The molecule has 2 N–H and O–H groups in total. The molecule has 1 aromatic carbocycles. The van der Waals surface area contributed by atoms with E-state index in [2.05, 4.69) is 15.6 Å². The van der Waals surface area contributed by atoms with Crippen LogP contribution in [0.5, 0.6) is 5.88 Å². The number of halogens is 2. The number of amides is 2. The number of aromatic nitrogens is 1. The topological polar surface area (TPSA) is 63.2 Å². The van der Waals surface area contributed by atoms with Crippen LogP contribution < -0.4 is 15.4 Å². The second kappa shape index (κ2) is 8.12. The SMILES string of the molecule is CC(NC(=O)NCc1ccc(OCC2CC2)nc1)c1ccc(F)c(F)c1. The number of nitrogens with zero attached hydrogens (tertiary/aromatic N) is 1. The number of carbonyl (C=O) groups excluding carboxylic acids is 1. The van der Waals surface area contributed by atoms with Crippen molar-refractivity contribution in [2.24, 2.45) is 5.92 Å². The van der Waals surface area contributed by atoms with Crippen LogP contribution in [0.25, 0.3) is 0 Å². The van der Waals surface area contributed by atoms with Gasteiger partial charge in [0.15, 0.2) is 11.6 Å². The molecule has 1 aromatic heterocycles. The maximum atomic E-state index is 13.3. The first kappa shape index (κ1) is 18.1. The van der Waals surface area contributed by atoms with Gasteiger partial charge in [-0.15, -0.1) is 0 Å². The fourth-order valence-electron chi connectivity index (χ4n) is 2.38. The first-order chi connectivity index (χ1) is 12.5. The van der Waals surface area contributed by atoms with Crippen molar-refractivity contribution >= 4 is 6.03 Å². The van der Waals surface area contributed by atoms with E-state index in [9.17, 15) is 13.6 Å². The Kier molecular flexibility index (Phi) is 5.65. The third kappa shape index (κ3) is 5.15. The molecule has 2 amide bonds. The zero-order valence-electron chi connectivity index (χ0n) is 14.5. The van der Waals surface area contributed by atoms with Gasteiger partial charge in [-0.3, -0.25) is 0 Å². The Bertz CT molecular complexity index is 764. The lowest BCUT2D eigenvalue weighted by Gasteiger charge is -2.15. The van der Waals surface area contributed by atoms with Crippen molar-refractivity contribution in [2.75, 3.05) is 6.61 Å². The molecule has 7 heteroatoms. The van der Waals surface area contributed by atoms with Crippen LogP contribution in [0.4, 0.5) is 13.6 Å². The number of nitrogens with one attached hydrogen (secondary N) is 2. The van der Waals surface area contributed by atoms with Crippen molar-refractivity contribution < 1.29 is 18.3 Å². The molecule has 2 aromatic rings. The summed E-state index contributed by atoms with van der Waals surface area (Å²) in [5, 5.41) is 5.39. The van der Waals surface area contributed by atoms with E-state index < -0.39 is 23.7 Å². The Morgan fingerprint density at radius 1 is 1.27 bits per heavy atom. The quantitative estimate of drug-likeness (QED) is 0.790. The number of rotatable bonds is 7. The van der Waals surface area contributed by atoms with Gasteiger partial charge in [0.2, 0.25) is 5.88 Å². The first-order valence-electron chi connectivity index (χ1n) is 8.58. The van der Waals surface area contributed by atoms with E-state index in [0.29, 0.717) is 30.5 Å². The second-order valence-corrected chi connectivity index (χ2v) is 6.48. The van der Waals surface area contributed by atoms with E-state index in [1.54, 1.807) is 19.2 Å². The smallest absolute Gasteiger partial charge is 0.315 e. The van der Waals surface area contributed by atoms with E-state index in [1.807, 2.05) is 6.07 Å². The molecule has 5 nitrogen and oxygen atoms in total. The molecule has 1 aliphatic rings. The van der Waals surface area contributed by atoms with Crippen molar-refractivity contribution in [3.63, 3.8) is 0 Å². The van der Waals surface area contributed by atoms with Crippen molar-refractivity contribution in [3.8, 4) is 5.88 Å². The van der Waals surface area contributed by atoms with E-state index in [4.69, 9.17) is 4.74 Å². The predicted molar refractivity (Wildman–Crippen MR) is 92.6 cm³/mol. The van der Waals surface area contributed by atoms with Crippen molar-refractivity contribution in [1.82, 2.24) is 15.6 Å². The number of ether oxygens (including phenoxy) is 1. The van der Waals surface area contributed by atoms with Crippen LogP contribution in [-0.4, -0.2) is 17.6 Å². The third-order valence-electron chi connectivity index (χ3n) is 4.21. The summed E-state index contributed by atoms with van der Waals surface area (Å²) < 4.78 is 31.8. The van der Waals surface area contributed by atoms with Gasteiger partial charge < -0.3 is 15.4 Å². The fraction of sp³-hybridized carbons (Fsp3) is 0.368. The third-order valence-corrected chi connectivity index (χ3v) is 4.21. The van der Waals surface area contributed by atoms with Crippen molar-refractivity contribution in [2.45, 2.75) is 32.4 Å². The summed E-state index contributed by atoms with van der Waals surface area (Å²) in [5.41, 5.74) is 1.32. The number of hydrogen-bond acceptors (Lipinski definition) is 3.